The molecule has 3 rings (SSSR count). The Hall–Kier alpha value is -1.41. The zero-order chi connectivity index (χ0) is 11.7. The molecule has 1 aromatic heterocycles. The van der Waals surface area contributed by atoms with E-state index < -0.39 is 0 Å². The zero-order valence-electron chi connectivity index (χ0n) is 10.2. The fraction of sp³-hybridized carbons (Fsp3) is 0.400. The van der Waals surface area contributed by atoms with Crippen molar-refractivity contribution in [3.63, 3.8) is 0 Å². The van der Waals surface area contributed by atoms with Crippen LogP contribution >= 0.6 is 0 Å². The maximum atomic E-state index is 4.40. The van der Waals surface area contributed by atoms with Crippen molar-refractivity contribution in [1.29, 1.82) is 0 Å². The van der Waals surface area contributed by atoms with Gasteiger partial charge in [-0.3, -0.25) is 4.98 Å². The molecule has 0 amide bonds. The number of pyridine rings is 1. The van der Waals surface area contributed by atoms with Gasteiger partial charge in [0.2, 0.25) is 0 Å². The monoisotopic (exact) mass is 226 g/mol. The molecule has 1 aliphatic heterocycles. The number of piperidine rings is 1. The Kier molecular flexibility index (Phi) is 2.81. The summed E-state index contributed by atoms with van der Waals surface area (Å²) in [6, 6.07) is 8.58. The Morgan fingerprint density at radius 2 is 2.12 bits per heavy atom. The predicted molar refractivity (Wildman–Crippen MR) is 71.1 cm³/mol. The highest BCUT2D eigenvalue weighted by atomic mass is 14.9. The molecule has 1 saturated heterocycles. The molecule has 1 aliphatic rings. The molecule has 0 spiro atoms. The van der Waals surface area contributed by atoms with Crippen LogP contribution in [0.4, 0.5) is 0 Å². The van der Waals surface area contributed by atoms with Crippen molar-refractivity contribution in [3.05, 3.63) is 42.2 Å². The Morgan fingerprint density at radius 1 is 1.24 bits per heavy atom. The fourth-order valence-corrected chi connectivity index (χ4v) is 2.91. The lowest BCUT2D eigenvalue weighted by atomic mass is 9.81. The summed E-state index contributed by atoms with van der Waals surface area (Å²) in [4.78, 5) is 4.40. The van der Waals surface area contributed by atoms with Crippen molar-refractivity contribution in [3.8, 4) is 0 Å². The Labute approximate surface area is 102 Å². The van der Waals surface area contributed by atoms with Crippen molar-refractivity contribution >= 4 is 10.8 Å². The molecule has 2 atom stereocenters. The summed E-state index contributed by atoms with van der Waals surface area (Å²) in [6.07, 6.45) is 5.25. The van der Waals surface area contributed by atoms with Crippen LogP contribution in [0.5, 0.6) is 0 Å². The van der Waals surface area contributed by atoms with Gasteiger partial charge in [0, 0.05) is 17.8 Å². The van der Waals surface area contributed by atoms with Gasteiger partial charge < -0.3 is 5.32 Å². The van der Waals surface area contributed by atoms with E-state index in [1.165, 1.54) is 22.8 Å². The van der Waals surface area contributed by atoms with Crippen LogP contribution in [0.3, 0.4) is 0 Å². The minimum Gasteiger partial charge on any atom is -0.316 e. The van der Waals surface area contributed by atoms with Crippen molar-refractivity contribution in [2.24, 2.45) is 5.92 Å². The van der Waals surface area contributed by atoms with E-state index in [2.05, 4.69) is 47.7 Å². The molecule has 0 bridgehead atoms. The van der Waals surface area contributed by atoms with Crippen LogP contribution in [0.25, 0.3) is 10.8 Å². The van der Waals surface area contributed by atoms with Crippen LogP contribution < -0.4 is 5.32 Å². The van der Waals surface area contributed by atoms with E-state index in [4.69, 9.17) is 0 Å². The SMILES string of the molecule is CC1CNCCC1c1cncc2ccccc12. The van der Waals surface area contributed by atoms with Crippen LogP contribution in [0.15, 0.2) is 36.7 Å². The van der Waals surface area contributed by atoms with Crippen LogP contribution in [0, 0.1) is 5.92 Å². The summed E-state index contributed by atoms with van der Waals surface area (Å²) >= 11 is 0. The number of hydrogen-bond acceptors (Lipinski definition) is 2. The number of nitrogens with one attached hydrogen (secondary N) is 1. The first kappa shape index (κ1) is 10.7. The second kappa shape index (κ2) is 4.46. The van der Waals surface area contributed by atoms with E-state index in [9.17, 15) is 0 Å². The zero-order valence-corrected chi connectivity index (χ0v) is 10.2. The summed E-state index contributed by atoms with van der Waals surface area (Å²) < 4.78 is 0. The second-order valence-electron chi connectivity index (χ2n) is 5.03. The summed E-state index contributed by atoms with van der Waals surface area (Å²) in [5, 5.41) is 6.10. The van der Waals surface area contributed by atoms with Gasteiger partial charge in [-0.05, 0) is 42.3 Å². The third kappa shape index (κ3) is 1.93. The molecule has 2 heteroatoms. The number of nitrogens with zero attached hydrogens (tertiary/aromatic N) is 1. The number of benzene rings is 1. The molecule has 0 aliphatic carbocycles. The van der Waals surface area contributed by atoms with Crippen LogP contribution in [0.1, 0.15) is 24.8 Å². The number of hydrogen-bond donors (Lipinski definition) is 1. The largest absolute Gasteiger partial charge is 0.316 e. The van der Waals surface area contributed by atoms with Crippen LogP contribution in [-0.2, 0) is 0 Å². The average Bonchev–Trinajstić information content (AvgIpc) is 2.39. The first-order chi connectivity index (χ1) is 8.36. The molecule has 2 aromatic rings. The summed E-state index contributed by atoms with van der Waals surface area (Å²) in [5.41, 5.74) is 1.43. The highest BCUT2D eigenvalue weighted by molar-refractivity contribution is 5.85. The first-order valence-electron chi connectivity index (χ1n) is 6.39. The van der Waals surface area contributed by atoms with E-state index in [0.29, 0.717) is 11.8 Å². The van der Waals surface area contributed by atoms with Gasteiger partial charge in [-0.25, -0.2) is 0 Å². The maximum absolute atomic E-state index is 4.40. The highest BCUT2D eigenvalue weighted by Crippen LogP contribution is 2.33. The number of aromatic nitrogens is 1. The maximum Gasteiger partial charge on any atom is 0.0346 e. The van der Waals surface area contributed by atoms with Gasteiger partial charge in [-0.15, -0.1) is 0 Å². The molecule has 1 fully saturated rings. The topological polar surface area (TPSA) is 24.9 Å². The number of rotatable bonds is 1. The predicted octanol–water partition coefficient (Wildman–Crippen LogP) is 2.95. The minimum atomic E-state index is 0.648. The Balaban J connectivity index is 2.10. The van der Waals surface area contributed by atoms with Crippen molar-refractivity contribution in [1.82, 2.24) is 10.3 Å². The average molecular weight is 226 g/mol. The van der Waals surface area contributed by atoms with Crippen molar-refractivity contribution in [2.75, 3.05) is 13.1 Å². The molecular weight excluding hydrogens is 208 g/mol. The van der Waals surface area contributed by atoms with E-state index in [1.54, 1.807) is 0 Å². The summed E-state index contributed by atoms with van der Waals surface area (Å²) in [5.74, 6) is 1.34. The molecule has 88 valence electrons. The van der Waals surface area contributed by atoms with Crippen LogP contribution in [-0.4, -0.2) is 18.1 Å². The Morgan fingerprint density at radius 3 is 3.00 bits per heavy atom. The third-order valence-electron chi connectivity index (χ3n) is 3.88. The Bertz CT molecular complexity index is 516. The van der Waals surface area contributed by atoms with Gasteiger partial charge in [-0.1, -0.05) is 31.2 Å². The van der Waals surface area contributed by atoms with E-state index in [0.717, 1.165) is 13.1 Å². The molecule has 17 heavy (non-hydrogen) atoms. The first-order valence-corrected chi connectivity index (χ1v) is 6.39. The molecule has 0 saturated carbocycles. The minimum absolute atomic E-state index is 0.648. The molecular formula is C15H18N2. The normalized spacial score (nSPS) is 25.0. The van der Waals surface area contributed by atoms with E-state index >= 15 is 0 Å². The van der Waals surface area contributed by atoms with Gasteiger partial charge >= 0.3 is 0 Å². The molecule has 1 N–H and O–H groups in total. The lowest BCUT2D eigenvalue weighted by molar-refractivity contribution is 0.350. The van der Waals surface area contributed by atoms with Crippen LogP contribution in [0.2, 0.25) is 0 Å². The molecule has 0 radical (unpaired) electrons. The molecule has 2 unspecified atom stereocenters. The molecule has 2 heterocycles. The van der Waals surface area contributed by atoms with Gasteiger partial charge in [0.15, 0.2) is 0 Å². The standard InChI is InChI=1S/C15H18N2/c1-11-8-16-7-6-13(11)15-10-17-9-12-4-2-3-5-14(12)15/h2-5,9-11,13,16H,6-8H2,1H3. The fourth-order valence-electron chi connectivity index (χ4n) is 2.91. The smallest absolute Gasteiger partial charge is 0.0346 e. The summed E-state index contributed by atoms with van der Waals surface area (Å²) in [6.45, 7) is 4.57. The van der Waals surface area contributed by atoms with Gasteiger partial charge in [0.1, 0.15) is 0 Å². The van der Waals surface area contributed by atoms with Crippen molar-refractivity contribution in [2.45, 2.75) is 19.3 Å². The highest BCUT2D eigenvalue weighted by Gasteiger charge is 2.24. The third-order valence-corrected chi connectivity index (χ3v) is 3.88. The second-order valence-corrected chi connectivity index (χ2v) is 5.03. The van der Waals surface area contributed by atoms with E-state index in [1.807, 2.05) is 6.20 Å². The van der Waals surface area contributed by atoms with E-state index in [-0.39, 0.29) is 0 Å². The van der Waals surface area contributed by atoms with Gasteiger partial charge in [0.25, 0.3) is 0 Å². The lowest BCUT2D eigenvalue weighted by Gasteiger charge is -2.30. The van der Waals surface area contributed by atoms with Gasteiger partial charge in [-0.2, -0.15) is 0 Å². The summed E-state index contributed by atoms with van der Waals surface area (Å²) in [7, 11) is 0. The lowest BCUT2D eigenvalue weighted by Crippen LogP contribution is -2.33. The quantitative estimate of drug-likeness (QED) is 0.808. The van der Waals surface area contributed by atoms with Gasteiger partial charge in [0.05, 0.1) is 0 Å². The molecule has 1 aromatic carbocycles. The van der Waals surface area contributed by atoms with Crippen molar-refractivity contribution < 1.29 is 0 Å². The number of fused-ring (bicyclic) bond motifs is 1. The molecule has 2 nitrogen and oxygen atoms in total.